The Morgan fingerprint density at radius 3 is 2.19 bits per heavy atom. The summed E-state index contributed by atoms with van der Waals surface area (Å²) < 4.78 is 0. The highest BCUT2D eigenvalue weighted by Crippen LogP contribution is 2.49. The number of nitriles is 1. The van der Waals surface area contributed by atoms with Gasteiger partial charge in [0.25, 0.3) is 0 Å². The van der Waals surface area contributed by atoms with Crippen LogP contribution in [0.4, 0.5) is 0 Å². The van der Waals surface area contributed by atoms with Gasteiger partial charge in [-0.15, -0.1) is 0 Å². The van der Waals surface area contributed by atoms with E-state index in [-0.39, 0.29) is 0 Å². The summed E-state index contributed by atoms with van der Waals surface area (Å²) in [7, 11) is 0. The molecule has 0 amide bonds. The van der Waals surface area contributed by atoms with Crippen LogP contribution in [0, 0.1) is 11.3 Å². The molecule has 0 aromatic heterocycles. The Kier molecular flexibility index (Phi) is 4.77. The number of nitrogens with zero attached hydrogens (tertiary/aromatic N) is 1. The molecule has 0 aliphatic heterocycles. The predicted molar refractivity (Wildman–Crippen MR) is 131 cm³/mol. The second kappa shape index (κ2) is 7.74. The Morgan fingerprint density at radius 2 is 1.48 bits per heavy atom. The summed E-state index contributed by atoms with van der Waals surface area (Å²) in [6.07, 6.45) is 4.82. The fraction of sp³-hybridized carbons (Fsp3) is 0.100. The van der Waals surface area contributed by atoms with Gasteiger partial charge in [-0.3, -0.25) is 0 Å². The Hall–Kier alpha value is -3.89. The van der Waals surface area contributed by atoms with Crippen molar-refractivity contribution in [2.45, 2.75) is 20.3 Å². The minimum Gasteiger partial charge on any atom is -0.193 e. The van der Waals surface area contributed by atoms with E-state index in [0.29, 0.717) is 0 Å². The summed E-state index contributed by atoms with van der Waals surface area (Å²) >= 11 is 0. The molecule has 0 heterocycles. The molecule has 1 aliphatic rings. The van der Waals surface area contributed by atoms with E-state index in [1.165, 1.54) is 44.2 Å². The molecular formula is C30H23N. The van der Waals surface area contributed by atoms with Gasteiger partial charge in [-0.1, -0.05) is 85.8 Å². The lowest BCUT2D eigenvalue weighted by Gasteiger charge is -2.12. The van der Waals surface area contributed by atoms with Crippen molar-refractivity contribution in [1.82, 2.24) is 0 Å². The molecule has 1 aliphatic carbocycles. The van der Waals surface area contributed by atoms with Crippen molar-refractivity contribution in [2.24, 2.45) is 0 Å². The van der Waals surface area contributed by atoms with Gasteiger partial charge in [-0.05, 0) is 80.8 Å². The number of allylic oxidation sites excluding steroid dienone is 4. The van der Waals surface area contributed by atoms with Crippen LogP contribution in [0.2, 0.25) is 0 Å². The molecule has 0 saturated carbocycles. The van der Waals surface area contributed by atoms with Crippen LogP contribution in [-0.4, -0.2) is 0 Å². The smallest absolute Gasteiger partial charge is 0.0947 e. The molecule has 0 N–H and O–H groups in total. The van der Waals surface area contributed by atoms with Crippen molar-refractivity contribution in [3.8, 4) is 39.4 Å². The van der Waals surface area contributed by atoms with Gasteiger partial charge in [-0.2, -0.15) is 5.26 Å². The lowest BCUT2D eigenvalue weighted by atomic mass is 9.92. The fourth-order valence-corrected chi connectivity index (χ4v) is 4.66. The van der Waals surface area contributed by atoms with Gasteiger partial charge >= 0.3 is 0 Å². The molecule has 0 radical (unpaired) electrons. The van der Waals surface area contributed by atoms with Crippen LogP contribution in [0.3, 0.4) is 0 Å². The average Bonchev–Trinajstić information content (AvgIpc) is 3.16. The number of rotatable bonds is 4. The van der Waals surface area contributed by atoms with Crippen molar-refractivity contribution < 1.29 is 0 Å². The zero-order valence-electron chi connectivity index (χ0n) is 17.8. The first kappa shape index (κ1) is 19.1. The summed E-state index contributed by atoms with van der Waals surface area (Å²) in [4.78, 5) is 0. The highest BCUT2D eigenvalue weighted by atomic mass is 14.3. The average molecular weight is 398 g/mol. The van der Waals surface area contributed by atoms with Crippen molar-refractivity contribution in [1.29, 1.82) is 5.26 Å². The molecule has 0 bridgehead atoms. The normalized spacial score (nSPS) is 12.7. The maximum Gasteiger partial charge on any atom is 0.0947 e. The second-order valence-electron chi connectivity index (χ2n) is 7.89. The molecule has 4 aromatic carbocycles. The summed E-state index contributed by atoms with van der Waals surface area (Å²) in [5.74, 6) is 0. The minimum atomic E-state index is 0.739. The third-order valence-electron chi connectivity index (χ3n) is 6.22. The molecule has 148 valence electrons. The lowest BCUT2D eigenvalue weighted by Crippen LogP contribution is -1.87. The molecule has 0 saturated heterocycles. The van der Waals surface area contributed by atoms with Crippen molar-refractivity contribution in [3.63, 3.8) is 0 Å². The Labute approximate surface area is 183 Å². The molecule has 1 nitrogen and oxygen atoms in total. The van der Waals surface area contributed by atoms with E-state index in [0.717, 1.165) is 23.1 Å². The monoisotopic (exact) mass is 397 g/mol. The Morgan fingerprint density at radius 1 is 0.806 bits per heavy atom. The third kappa shape index (κ3) is 3.09. The number of hydrogen-bond donors (Lipinski definition) is 0. The van der Waals surface area contributed by atoms with Crippen LogP contribution in [0.15, 0.2) is 96.6 Å². The Bertz CT molecular complexity index is 1400. The zero-order valence-corrected chi connectivity index (χ0v) is 17.8. The van der Waals surface area contributed by atoms with Crippen LogP contribution < -0.4 is 0 Å². The van der Waals surface area contributed by atoms with E-state index in [9.17, 15) is 5.26 Å². The molecule has 4 aromatic rings. The van der Waals surface area contributed by atoms with Crippen molar-refractivity contribution in [3.05, 3.63) is 102 Å². The number of hydrogen-bond acceptors (Lipinski definition) is 1. The largest absolute Gasteiger partial charge is 0.193 e. The van der Waals surface area contributed by atoms with E-state index in [1.54, 1.807) is 0 Å². The van der Waals surface area contributed by atoms with E-state index < -0.39 is 0 Å². The van der Waals surface area contributed by atoms with Gasteiger partial charge in [0.05, 0.1) is 6.07 Å². The molecule has 0 atom stereocenters. The topological polar surface area (TPSA) is 23.8 Å². The van der Waals surface area contributed by atoms with Gasteiger partial charge in [0.2, 0.25) is 0 Å². The summed E-state index contributed by atoms with van der Waals surface area (Å²) in [5.41, 5.74) is 10.7. The van der Waals surface area contributed by atoms with Crippen LogP contribution >= 0.6 is 0 Å². The van der Waals surface area contributed by atoms with Gasteiger partial charge in [0.15, 0.2) is 0 Å². The standard InChI is InChI=1S/C30H23N/c1-3-20(19-31)17-21(4-2)22-9-7-10-23(18-22)24-15-16-29-26-12-6-5-11-25(26)28-14-8-13-27(24)30(28)29/h4-18H,3H2,1-2H3/b20-17+,21-4+. The molecule has 1 heteroatoms. The SMILES string of the molecule is C/C=C(\C=C(\C#N)CC)c1cccc(-c2ccc3c4c(cccc24)-c2ccccc2-3)c1. The molecule has 0 spiro atoms. The molecule has 31 heavy (non-hydrogen) atoms. The summed E-state index contributed by atoms with van der Waals surface area (Å²) in [5, 5.41) is 12.0. The van der Waals surface area contributed by atoms with E-state index in [4.69, 9.17) is 0 Å². The molecule has 0 unspecified atom stereocenters. The zero-order chi connectivity index (χ0) is 21.4. The maximum absolute atomic E-state index is 9.36. The Balaban J connectivity index is 1.68. The van der Waals surface area contributed by atoms with E-state index in [1.807, 2.05) is 19.9 Å². The van der Waals surface area contributed by atoms with Crippen molar-refractivity contribution in [2.75, 3.05) is 0 Å². The van der Waals surface area contributed by atoms with Crippen LogP contribution in [0.1, 0.15) is 25.8 Å². The fourth-order valence-electron chi connectivity index (χ4n) is 4.66. The molecular weight excluding hydrogens is 374 g/mol. The highest BCUT2D eigenvalue weighted by Gasteiger charge is 2.22. The van der Waals surface area contributed by atoms with Crippen LogP contribution in [0.5, 0.6) is 0 Å². The molecule has 5 rings (SSSR count). The minimum absolute atomic E-state index is 0.739. The quantitative estimate of drug-likeness (QED) is 0.220. The summed E-state index contributed by atoms with van der Waals surface area (Å²) in [6.45, 7) is 4.04. The van der Waals surface area contributed by atoms with E-state index in [2.05, 4.69) is 91.0 Å². The predicted octanol–water partition coefficient (Wildman–Crippen LogP) is 8.42. The second-order valence-corrected chi connectivity index (χ2v) is 7.89. The van der Waals surface area contributed by atoms with Crippen LogP contribution in [-0.2, 0) is 0 Å². The van der Waals surface area contributed by atoms with Gasteiger partial charge in [-0.25, -0.2) is 0 Å². The first-order valence-corrected chi connectivity index (χ1v) is 10.8. The summed E-state index contributed by atoms with van der Waals surface area (Å²) in [6, 6.07) is 30.8. The van der Waals surface area contributed by atoms with Crippen molar-refractivity contribution >= 4 is 16.3 Å². The maximum atomic E-state index is 9.36. The number of benzene rings is 4. The van der Waals surface area contributed by atoms with Gasteiger partial charge < -0.3 is 0 Å². The first-order valence-electron chi connectivity index (χ1n) is 10.8. The van der Waals surface area contributed by atoms with Gasteiger partial charge in [0.1, 0.15) is 0 Å². The third-order valence-corrected chi connectivity index (χ3v) is 6.22. The first-order chi connectivity index (χ1) is 15.2. The van der Waals surface area contributed by atoms with E-state index >= 15 is 0 Å². The van der Waals surface area contributed by atoms with Crippen LogP contribution in [0.25, 0.3) is 49.7 Å². The molecule has 0 fully saturated rings. The lowest BCUT2D eigenvalue weighted by molar-refractivity contribution is 1.15. The number of fused-ring (bicyclic) bond motifs is 3. The highest BCUT2D eigenvalue weighted by molar-refractivity contribution is 6.18. The van der Waals surface area contributed by atoms with Gasteiger partial charge in [0, 0.05) is 5.57 Å².